The molecule has 0 unspecified atom stereocenters. The summed E-state index contributed by atoms with van der Waals surface area (Å²) in [6.07, 6.45) is -2.11. The van der Waals surface area contributed by atoms with E-state index in [0.29, 0.717) is 5.75 Å². The smallest absolute Gasteiger partial charge is 0.244 e. The molecule has 0 bridgehead atoms. The van der Waals surface area contributed by atoms with Crippen LogP contribution in [0.1, 0.15) is 33.3 Å². The Morgan fingerprint density at radius 2 is 1.74 bits per heavy atom. The molecule has 7 heteroatoms. The van der Waals surface area contributed by atoms with Gasteiger partial charge in [0.2, 0.25) is 10.0 Å². The van der Waals surface area contributed by atoms with Gasteiger partial charge in [-0.3, -0.25) is 0 Å². The number of nitrogens with zero attached hydrogens (tertiary/aromatic N) is 1. The first-order valence-electron chi connectivity index (χ1n) is 8.79. The molecule has 0 aliphatic heterocycles. The van der Waals surface area contributed by atoms with Crippen LogP contribution in [0, 0.1) is 0 Å². The number of sulfonamides is 1. The number of benzene rings is 2. The van der Waals surface area contributed by atoms with Crippen molar-refractivity contribution in [3.05, 3.63) is 60.2 Å². The summed E-state index contributed by atoms with van der Waals surface area (Å²) in [5.41, 5.74) is 6.36. The van der Waals surface area contributed by atoms with E-state index >= 15 is 0 Å². The lowest BCUT2D eigenvalue weighted by molar-refractivity contribution is 0.105. The molecule has 0 heterocycles. The number of aliphatic hydroxyl groups excluding tert-OH is 1. The maximum absolute atomic E-state index is 13.3. The fourth-order valence-corrected chi connectivity index (χ4v) is 4.14. The van der Waals surface area contributed by atoms with E-state index < -0.39 is 27.9 Å². The van der Waals surface area contributed by atoms with Gasteiger partial charge in [0.1, 0.15) is 11.4 Å². The van der Waals surface area contributed by atoms with Gasteiger partial charge in [-0.05, 0) is 45.4 Å². The molecule has 2 aromatic rings. The Kier molecular flexibility index (Phi) is 6.64. The van der Waals surface area contributed by atoms with Crippen LogP contribution >= 0.6 is 0 Å². The molecule has 3 N–H and O–H groups in total. The molecule has 0 saturated carbocycles. The second kappa shape index (κ2) is 8.39. The minimum atomic E-state index is -3.95. The highest BCUT2D eigenvalue weighted by atomic mass is 32.2. The van der Waals surface area contributed by atoms with Gasteiger partial charge in [0.25, 0.3) is 0 Å². The minimum Gasteiger partial charge on any atom is -0.488 e. The van der Waals surface area contributed by atoms with Crippen molar-refractivity contribution in [2.24, 2.45) is 5.73 Å². The lowest BCUT2D eigenvalue weighted by Crippen LogP contribution is -2.51. The van der Waals surface area contributed by atoms with E-state index in [1.807, 2.05) is 51.1 Å². The summed E-state index contributed by atoms with van der Waals surface area (Å²) in [7, 11) is -3.95. The van der Waals surface area contributed by atoms with Crippen molar-refractivity contribution >= 4 is 10.0 Å². The molecule has 0 aliphatic rings. The van der Waals surface area contributed by atoms with E-state index in [-0.39, 0.29) is 11.4 Å². The molecule has 0 saturated heterocycles. The van der Waals surface area contributed by atoms with Crippen LogP contribution < -0.4 is 10.5 Å². The van der Waals surface area contributed by atoms with Crippen molar-refractivity contribution in [2.75, 3.05) is 0 Å². The number of aliphatic hydroxyl groups is 1. The Morgan fingerprint density at radius 3 is 2.30 bits per heavy atom. The van der Waals surface area contributed by atoms with Crippen molar-refractivity contribution < 1.29 is 18.3 Å². The van der Waals surface area contributed by atoms with Gasteiger partial charge < -0.3 is 15.6 Å². The molecule has 2 aromatic carbocycles. The van der Waals surface area contributed by atoms with E-state index in [2.05, 4.69) is 0 Å². The zero-order valence-corrected chi connectivity index (χ0v) is 17.0. The standard InChI is InChI=1S/C20H28N2O4S/c1-15(23)19(21)22(14-16-9-6-5-7-10-16)27(24,25)18-12-8-11-17(13-18)26-20(2,3)4/h5-13,15,19,23H,14,21H2,1-4H3/t15-,19+/m1/s1. The quantitative estimate of drug-likeness (QED) is 0.707. The second-order valence-electron chi connectivity index (χ2n) is 7.46. The highest BCUT2D eigenvalue weighted by Crippen LogP contribution is 2.26. The van der Waals surface area contributed by atoms with Crippen LogP contribution in [0.25, 0.3) is 0 Å². The largest absolute Gasteiger partial charge is 0.488 e. The highest BCUT2D eigenvalue weighted by Gasteiger charge is 2.32. The topological polar surface area (TPSA) is 92.9 Å². The zero-order chi connectivity index (χ0) is 20.2. The van der Waals surface area contributed by atoms with Crippen LogP contribution in [-0.4, -0.2) is 35.7 Å². The number of ether oxygens (including phenoxy) is 1. The van der Waals surface area contributed by atoms with Gasteiger partial charge in [-0.15, -0.1) is 0 Å². The Bertz CT molecular complexity index is 846. The molecule has 2 atom stereocenters. The van der Waals surface area contributed by atoms with E-state index in [1.165, 1.54) is 19.1 Å². The number of hydrogen-bond donors (Lipinski definition) is 2. The highest BCUT2D eigenvalue weighted by molar-refractivity contribution is 7.89. The van der Waals surface area contributed by atoms with Crippen LogP contribution in [0.3, 0.4) is 0 Å². The molecule has 0 amide bonds. The van der Waals surface area contributed by atoms with Crippen LogP contribution in [-0.2, 0) is 16.6 Å². The second-order valence-corrected chi connectivity index (χ2v) is 9.35. The Morgan fingerprint density at radius 1 is 1.11 bits per heavy atom. The molecule has 0 fully saturated rings. The van der Waals surface area contributed by atoms with Crippen molar-refractivity contribution in [3.8, 4) is 5.75 Å². The summed E-state index contributed by atoms with van der Waals surface area (Å²) in [6, 6.07) is 15.4. The molecular formula is C20H28N2O4S. The van der Waals surface area contributed by atoms with Gasteiger partial charge in [-0.1, -0.05) is 36.4 Å². The van der Waals surface area contributed by atoms with Crippen LogP contribution in [0.5, 0.6) is 5.75 Å². The lowest BCUT2D eigenvalue weighted by Gasteiger charge is -2.30. The van der Waals surface area contributed by atoms with Gasteiger partial charge in [-0.2, -0.15) is 4.31 Å². The first-order chi connectivity index (χ1) is 12.5. The minimum absolute atomic E-state index is 0.0552. The Labute approximate surface area is 161 Å². The van der Waals surface area contributed by atoms with E-state index in [9.17, 15) is 13.5 Å². The Balaban J connectivity index is 2.42. The van der Waals surface area contributed by atoms with Gasteiger partial charge in [0, 0.05) is 12.6 Å². The van der Waals surface area contributed by atoms with E-state index in [4.69, 9.17) is 10.5 Å². The summed E-state index contributed by atoms with van der Waals surface area (Å²) in [5.74, 6) is 0.453. The molecule has 2 rings (SSSR count). The average molecular weight is 393 g/mol. The van der Waals surface area contributed by atoms with Crippen molar-refractivity contribution in [1.29, 1.82) is 0 Å². The van der Waals surface area contributed by atoms with Crippen molar-refractivity contribution in [2.45, 2.75) is 57.0 Å². The summed E-state index contributed by atoms with van der Waals surface area (Å²) >= 11 is 0. The van der Waals surface area contributed by atoms with Gasteiger partial charge >= 0.3 is 0 Å². The fraction of sp³-hybridized carbons (Fsp3) is 0.400. The monoisotopic (exact) mass is 392 g/mol. The summed E-state index contributed by atoms with van der Waals surface area (Å²) in [4.78, 5) is 0.0660. The third-order valence-corrected chi connectivity index (χ3v) is 5.68. The SMILES string of the molecule is C[C@@H](O)[C@@H](N)N(Cc1ccccc1)S(=O)(=O)c1cccc(OC(C)(C)C)c1. The predicted octanol–water partition coefficient (Wildman–Crippen LogP) is 2.72. The zero-order valence-electron chi connectivity index (χ0n) is 16.2. The van der Waals surface area contributed by atoms with Gasteiger partial charge in [0.05, 0.1) is 17.2 Å². The third kappa shape index (κ3) is 5.77. The molecule has 0 aromatic heterocycles. The maximum atomic E-state index is 13.3. The first kappa shape index (κ1) is 21.4. The molecular weight excluding hydrogens is 364 g/mol. The molecule has 148 valence electrons. The molecule has 6 nitrogen and oxygen atoms in total. The van der Waals surface area contributed by atoms with E-state index in [0.717, 1.165) is 9.87 Å². The normalized spacial score (nSPS) is 14.8. The number of rotatable bonds is 7. The molecule has 0 radical (unpaired) electrons. The number of hydrogen-bond acceptors (Lipinski definition) is 5. The van der Waals surface area contributed by atoms with Crippen LogP contribution in [0.4, 0.5) is 0 Å². The predicted molar refractivity (Wildman–Crippen MR) is 106 cm³/mol. The fourth-order valence-electron chi connectivity index (χ4n) is 2.54. The average Bonchev–Trinajstić information content (AvgIpc) is 2.58. The van der Waals surface area contributed by atoms with Crippen LogP contribution in [0.15, 0.2) is 59.5 Å². The third-order valence-electron chi connectivity index (χ3n) is 3.84. The summed E-state index contributed by atoms with van der Waals surface area (Å²) in [5, 5.41) is 9.93. The summed E-state index contributed by atoms with van der Waals surface area (Å²) in [6.45, 7) is 7.19. The number of nitrogens with two attached hydrogens (primary N) is 1. The molecule has 27 heavy (non-hydrogen) atoms. The lowest BCUT2D eigenvalue weighted by atomic mass is 10.2. The Hall–Kier alpha value is -1.93. The van der Waals surface area contributed by atoms with E-state index in [1.54, 1.807) is 12.1 Å². The molecule has 0 aliphatic carbocycles. The van der Waals surface area contributed by atoms with Gasteiger partial charge in [0.15, 0.2) is 0 Å². The van der Waals surface area contributed by atoms with Crippen molar-refractivity contribution in [3.63, 3.8) is 0 Å². The van der Waals surface area contributed by atoms with Crippen LogP contribution in [0.2, 0.25) is 0 Å². The molecule has 0 spiro atoms. The van der Waals surface area contributed by atoms with Crippen molar-refractivity contribution in [1.82, 2.24) is 4.31 Å². The summed E-state index contributed by atoms with van der Waals surface area (Å²) < 4.78 is 33.5. The van der Waals surface area contributed by atoms with Gasteiger partial charge in [-0.25, -0.2) is 8.42 Å². The maximum Gasteiger partial charge on any atom is 0.244 e. The first-order valence-corrected chi connectivity index (χ1v) is 10.2.